The summed E-state index contributed by atoms with van der Waals surface area (Å²) in [6, 6.07) is 7.34. The Morgan fingerprint density at radius 2 is 2.18 bits per heavy atom. The summed E-state index contributed by atoms with van der Waals surface area (Å²) in [7, 11) is 1.66. The molecule has 0 fully saturated rings. The smallest absolute Gasteiger partial charge is 0.319 e. The number of urea groups is 1. The maximum Gasteiger partial charge on any atom is 0.319 e. The number of hydrogen-bond acceptors (Lipinski definition) is 3. The molecular weight excluding hydrogens is 282 g/mol. The molecule has 22 heavy (non-hydrogen) atoms. The Morgan fingerprint density at radius 3 is 2.86 bits per heavy atom. The van der Waals surface area contributed by atoms with E-state index < -0.39 is 0 Å². The van der Waals surface area contributed by atoms with Gasteiger partial charge in [0.1, 0.15) is 0 Å². The Bertz CT molecular complexity index is 620. The van der Waals surface area contributed by atoms with Gasteiger partial charge in [0.15, 0.2) is 0 Å². The molecule has 0 aliphatic carbocycles. The summed E-state index contributed by atoms with van der Waals surface area (Å²) in [5.41, 5.74) is 1.79. The second-order valence-corrected chi connectivity index (χ2v) is 5.13. The third-order valence-electron chi connectivity index (χ3n) is 3.62. The second-order valence-electron chi connectivity index (χ2n) is 5.13. The molecule has 120 valence electrons. The first kappa shape index (κ1) is 16.3. The first-order valence-electron chi connectivity index (χ1n) is 7.44. The summed E-state index contributed by atoms with van der Waals surface area (Å²) in [5.74, 6) is 0. The number of methoxy groups -OCH3 is 1. The highest BCUT2D eigenvalue weighted by atomic mass is 16.5. The second kappa shape index (κ2) is 7.82. The number of amides is 2. The lowest BCUT2D eigenvalue weighted by Gasteiger charge is -2.14. The molecule has 0 saturated heterocycles. The number of hydrogen-bond donors (Lipinski definition) is 3. The van der Waals surface area contributed by atoms with E-state index in [1.54, 1.807) is 7.11 Å². The van der Waals surface area contributed by atoms with E-state index in [0.29, 0.717) is 19.6 Å². The summed E-state index contributed by atoms with van der Waals surface area (Å²) in [6.07, 6.45) is 2.59. The van der Waals surface area contributed by atoms with Crippen LogP contribution in [0.2, 0.25) is 0 Å². The van der Waals surface area contributed by atoms with Gasteiger partial charge in [0.25, 0.3) is 0 Å². The van der Waals surface area contributed by atoms with Crippen molar-refractivity contribution in [3.8, 4) is 0 Å². The van der Waals surface area contributed by atoms with Gasteiger partial charge in [0.05, 0.1) is 30.5 Å². The van der Waals surface area contributed by atoms with Gasteiger partial charge in [0, 0.05) is 25.2 Å². The fourth-order valence-corrected chi connectivity index (χ4v) is 2.34. The predicted octanol–water partition coefficient (Wildman–Crippen LogP) is 2.18. The van der Waals surface area contributed by atoms with Gasteiger partial charge in [-0.3, -0.25) is 0 Å². The summed E-state index contributed by atoms with van der Waals surface area (Å²) in [4.78, 5) is 12.0. The molecule has 6 heteroatoms. The summed E-state index contributed by atoms with van der Waals surface area (Å²) >= 11 is 0. The number of para-hydroxylation sites is 1. The maximum atomic E-state index is 12.0. The molecule has 1 atom stereocenters. The molecule has 2 amide bonds. The third kappa shape index (κ3) is 3.78. The number of benzene rings is 1. The molecular formula is C16H23N3O3. The van der Waals surface area contributed by atoms with Crippen molar-refractivity contribution < 1.29 is 14.6 Å². The van der Waals surface area contributed by atoms with Crippen LogP contribution >= 0.6 is 0 Å². The van der Waals surface area contributed by atoms with Crippen LogP contribution in [-0.4, -0.2) is 42.1 Å². The van der Waals surface area contributed by atoms with Gasteiger partial charge in [-0.1, -0.05) is 25.1 Å². The number of carbonyl (C=O) groups excluding carboxylic acids is 1. The number of ether oxygens (including phenoxy) is 1. The molecule has 2 rings (SSSR count). The zero-order chi connectivity index (χ0) is 15.9. The average Bonchev–Trinajstić information content (AvgIpc) is 2.88. The molecule has 1 heterocycles. The quantitative estimate of drug-likeness (QED) is 0.734. The molecule has 2 aromatic rings. The minimum Gasteiger partial charge on any atom is -0.394 e. The van der Waals surface area contributed by atoms with Crippen molar-refractivity contribution in [3.63, 3.8) is 0 Å². The normalized spacial score (nSPS) is 12.3. The Balaban J connectivity index is 2.18. The Hall–Kier alpha value is -2.05. The minimum absolute atomic E-state index is 0.0699. The van der Waals surface area contributed by atoms with Crippen molar-refractivity contribution in [2.24, 2.45) is 0 Å². The van der Waals surface area contributed by atoms with Crippen LogP contribution in [-0.2, 0) is 11.3 Å². The topological polar surface area (TPSA) is 75.5 Å². The van der Waals surface area contributed by atoms with E-state index >= 15 is 0 Å². The number of aliphatic hydroxyl groups is 1. The standard InChI is InChI=1S/C16H23N3O3/c1-3-12(11-20)17-16(21)18-14-10-19(8-9-22-2)15-7-5-4-6-13(14)15/h4-7,10,12,20H,3,8-9,11H2,1-2H3,(H2,17,18,21). The average molecular weight is 305 g/mol. The van der Waals surface area contributed by atoms with Crippen LogP contribution in [0.15, 0.2) is 30.5 Å². The molecule has 1 aromatic carbocycles. The third-order valence-corrected chi connectivity index (χ3v) is 3.62. The van der Waals surface area contributed by atoms with Crippen LogP contribution < -0.4 is 10.6 Å². The fourth-order valence-electron chi connectivity index (χ4n) is 2.34. The van der Waals surface area contributed by atoms with Crippen molar-refractivity contribution in [2.45, 2.75) is 25.9 Å². The van der Waals surface area contributed by atoms with Gasteiger partial charge in [-0.2, -0.15) is 0 Å². The van der Waals surface area contributed by atoms with Gasteiger partial charge in [-0.25, -0.2) is 4.79 Å². The minimum atomic E-state index is -0.310. The Kier molecular flexibility index (Phi) is 5.80. The lowest BCUT2D eigenvalue weighted by atomic mass is 10.2. The van der Waals surface area contributed by atoms with Gasteiger partial charge >= 0.3 is 6.03 Å². The van der Waals surface area contributed by atoms with Gasteiger partial charge in [0.2, 0.25) is 0 Å². The van der Waals surface area contributed by atoms with E-state index in [9.17, 15) is 4.79 Å². The van der Waals surface area contributed by atoms with Crippen molar-refractivity contribution >= 4 is 22.6 Å². The van der Waals surface area contributed by atoms with Crippen molar-refractivity contribution in [3.05, 3.63) is 30.5 Å². The molecule has 3 N–H and O–H groups in total. The molecule has 0 aliphatic rings. The van der Waals surface area contributed by atoms with E-state index in [0.717, 1.165) is 16.6 Å². The predicted molar refractivity (Wildman–Crippen MR) is 87.1 cm³/mol. The van der Waals surface area contributed by atoms with E-state index in [4.69, 9.17) is 9.84 Å². The maximum absolute atomic E-state index is 12.0. The number of aliphatic hydroxyl groups excluding tert-OH is 1. The molecule has 0 aliphatic heterocycles. The number of fused-ring (bicyclic) bond motifs is 1. The molecule has 1 unspecified atom stereocenters. The van der Waals surface area contributed by atoms with Gasteiger partial charge in [-0.15, -0.1) is 0 Å². The zero-order valence-electron chi connectivity index (χ0n) is 13.0. The van der Waals surface area contributed by atoms with Crippen LogP contribution in [0, 0.1) is 0 Å². The number of rotatable bonds is 7. The van der Waals surface area contributed by atoms with Crippen LogP contribution in [0.5, 0.6) is 0 Å². The zero-order valence-corrected chi connectivity index (χ0v) is 13.0. The molecule has 0 saturated carbocycles. The highest BCUT2D eigenvalue weighted by Crippen LogP contribution is 2.25. The molecule has 6 nitrogen and oxygen atoms in total. The lowest BCUT2D eigenvalue weighted by molar-refractivity contribution is 0.188. The van der Waals surface area contributed by atoms with E-state index in [1.807, 2.05) is 37.4 Å². The molecule has 0 radical (unpaired) electrons. The van der Waals surface area contributed by atoms with Gasteiger partial charge < -0.3 is 25.0 Å². The molecule has 0 spiro atoms. The summed E-state index contributed by atoms with van der Waals surface area (Å²) in [5, 5.41) is 15.7. The summed E-state index contributed by atoms with van der Waals surface area (Å²) < 4.78 is 7.17. The Morgan fingerprint density at radius 1 is 1.41 bits per heavy atom. The van der Waals surface area contributed by atoms with Crippen LogP contribution in [0.25, 0.3) is 10.9 Å². The highest BCUT2D eigenvalue weighted by Gasteiger charge is 2.13. The van der Waals surface area contributed by atoms with E-state index in [1.165, 1.54) is 0 Å². The van der Waals surface area contributed by atoms with Gasteiger partial charge in [-0.05, 0) is 12.5 Å². The van der Waals surface area contributed by atoms with Crippen LogP contribution in [0.1, 0.15) is 13.3 Å². The number of anilines is 1. The molecule has 0 bridgehead atoms. The van der Waals surface area contributed by atoms with Crippen molar-refractivity contribution in [1.29, 1.82) is 0 Å². The van der Waals surface area contributed by atoms with E-state index in [2.05, 4.69) is 15.2 Å². The number of aromatic nitrogens is 1. The monoisotopic (exact) mass is 305 g/mol. The first-order valence-corrected chi connectivity index (χ1v) is 7.44. The highest BCUT2D eigenvalue weighted by molar-refractivity contribution is 6.01. The number of nitrogens with one attached hydrogen (secondary N) is 2. The number of nitrogens with zero attached hydrogens (tertiary/aromatic N) is 1. The molecule has 1 aromatic heterocycles. The largest absolute Gasteiger partial charge is 0.394 e. The summed E-state index contributed by atoms with van der Waals surface area (Å²) in [6.45, 7) is 3.17. The van der Waals surface area contributed by atoms with Crippen molar-refractivity contribution in [2.75, 3.05) is 25.6 Å². The van der Waals surface area contributed by atoms with E-state index in [-0.39, 0.29) is 18.7 Å². The first-order chi connectivity index (χ1) is 10.7. The van der Waals surface area contributed by atoms with Crippen LogP contribution in [0.3, 0.4) is 0 Å². The fraction of sp³-hybridized carbons (Fsp3) is 0.438. The lowest BCUT2D eigenvalue weighted by Crippen LogP contribution is -2.39. The Labute approximate surface area is 130 Å². The van der Waals surface area contributed by atoms with Crippen LogP contribution in [0.4, 0.5) is 10.5 Å². The number of carbonyl (C=O) groups is 1. The van der Waals surface area contributed by atoms with Crippen molar-refractivity contribution in [1.82, 2.24) is 9.88 Å². The SMILES string of the molecule is CCC(CO)NC(=O)Nc1cn(CCOC)c2ccccc12.